The molecule has 2 aromatic rings. The van der Waals surface area contributed by atoms with Gasteiger partial charge in [0.25, 0.3) is 0 Å². The van der Waals surface area contributed by atoms with E-state index in [9.17, 15) is 20.0 Å². The summed E-state index contributed by atoms with van der Waals surface area (Å²) >= 11 is 3.00. The lowest BCUT2D eigenvalue weighted by Crippen LogP contribution is -2.11. The minimum atomic E-state index is -1.22. The number of carbonyl (C=O) groups is 1. The molecule has 0 amide bonds. The number of carboxylic acids is 1. The molecular formula is C12H11BrN2O5. The van der Waals surface area contributed by atoms with Crippen LogP contribution < -0.4 is 0 Å². The Balaban J connectivity index is 2.93. The first-order valence-corrected chi connectivity index (χ1v) is 6.43. The van der Waals surface area contributed by atoms with Gasteiger partial charge in [-0.1, -0.05) is 20.8 Å². The molecule has 0 saturated heterocycles. The maximum absolute atomic E-state index is 11.2. The summed E-state index contributed by atoms with van der Waals surface area (Å²) in [5, 5.41) is 20.3. The minimum Gasteiger partial charge on any atom is -0.478 e. The zero-order chi connectivity index (χ0) is 15.2. The first kappa shape index (κ1) is 14.4. The van der Waals surface area contributed by atoms with Crippen molar-refractivity contribution in [1.29, 1.82) is 0 Å². The van der Waals surface area contributed by atoms with Crippen LogP contribution in [0.1, 0.15) is 37.0 Å². The second kappa shape index (κ2) is 4.55. The lowest BCUT2D eigenvalue weighted by molar-refractivity contribution is -0.384. The molecule has 0 aliphatic carbocycles. The van der Waals surface area contributed by atoms with Crippen molar-refractivity contribution in [3.63, 3.8) is 0 Å². The summed E-state index contributed by atoms with van der Waals surface area (Å²) in [6.45, 7) is 5.46. The minimum absolute atomic E-state index is 0.0164. The zero-order valence-electron chi connectivity index (χ0n) is 10.9. The Labute approximate surface area is 121 Å². The first-order valence-electron chi connectivity index (χ1n) is 5.64. The molecule has 0 fully saturated rings. The van der Waals surface area contributed by atoms with Crippen LogP contribution >= 0.6 is 15.9 Å². The van der Waals surface area contributed by atoms with E-state index in [1.165, 1.54) is 0 Å². The van der Waals surface area contributed by atoms with E-state index in [0.717, 1.165) is 6.07 Å². The quantitative estimate of drug-likeness (QED) is 0.661. The molecule has 0 bridgehead atoms. The van der Waals surface area contributed by atoms with Crippen molar-refractivity contribution >= 4 is 38.7 Å². The van der Waals surface area contributed by atoms with E-state index in [1.807, 2.05) is 20.8 Å². The van der Waals surface area contributed by atoms with Crippen LogP contribution in [0.4, 0.5) is 5.69 Å². The van der Waals surface area contributed by atoms with E-state index in [0.29, 0.717) is 0 Å². The SMILES string of the molecule is CC(C)(C)c1nc2c(C(=O)O)cc(Br)c([N+](=O)[O-])c2o1. The molecule has 1 aromatic heterocycles. The molecular weight excluding hydrogens is 332 g/mol. The van der Waals surface area contributed by atoms with Gasteiger partial charge in [-0.15, -0.1) is 0 Å². The number of hydrogen-bond acceptors (Lipinski definition) is 5. The Bertz CT molecular complexity index is 730. The summed E-state index contributed by atoms with van der Waals surface area (Å²) in [5.74, 6) is -0.976. The third-order valence-electron chi connectivity index (χ3n) is 2.65. The second-order valence-electron chi connectivity index (χ2n) is 5.26. The van der Waals surface area contributed by atoms with Crippen molar-refractivity contribution in [2.75, 3.05) is 0 Å². The number of hydrogen-bond donors (Lipinski definition) is 1. The average Bonchev–Trinajstić information content (AvgIpc) is 2.70. The van der Waals surface area contributed by atoms with E-state index < -0.39 is 16.3 Å². The zero-order valence-corrected chi connectivity index (χ0v) is 12.5. The Hall–Kier alpha value is -1.96. The highest BCUT2D eigenvalue weighted by Crippen LogP contribution is 2.38. The molecule has 8 heteroatoms. The molecule has 7 nitrogen and oxygen atoms in total. The molecule has 1 aromatic carbocycles. The molecule has 0 spiro atoms. The Morgan fingerprint density at radius 2 is 2.10 bits per heavy atom. The summed E-state index contributed by atoms with van der Waals surface area (Å²) < 4.78 is 5.50. The van der Waals surface area contributed by atoms with Gasteiger partial charge in [0.2, 0.25) is 11.5 Å². The van der Waals surface area contributed by atoms with Crippen LogP contribution in [0, 0.1) is 10.1 Å². The maximum atomic E-state index is 11.2. The van der Waals surface area contributed by atoms with Gasteiger partial charge in [-0.3, -0.25) is 10.1 Å². The molecule has 0 aliphatic rings. The van der Waals surface area contributed by atoms with Gasteiger partial charge in [0.1, 0.15) is 9.99 Å². The van der Waals surface area contributed by atoms with E-state index >= 15 is 0 Å². The molecule has 2 rings (SSSR count). The van der Waals surface area contributed by atoms with Crippen LogP contribution in [0.25, 0.3) is 11.1 Å². The number of rotatable bonds is 2. The standard InChI is InChI=1S/C12H11BrN2O5/c1-12(2,3)11-14-7-5(10(16)17)4-6(13)8(15(18)19)9(7)20-11/h4H,1-3H3,(H,16,17). The van der Waals surface area contributed by atoms with Crippen molar-refractivity contribution in [3.8, 4) is 0 Å². The van der Waals surface area contributed by atoms with Gasteiger partial charge < -0.3 is 9.52 Å². The second-order valence-corrected chi connectivity index (χ2v) is 6.12. The molecule has 106 valence electrons. The average molecular weight is 343 g/mol. The van der Waals surface area contributed by atoms with Gasteiger partial charge in [0.05, 0.1) is 10.5 Å². The van der Waals surface area contributed by atoms with Crippen LogP contribution in [0.2, 0.25) is 0 Å². The molecule has 0 atom stereocenters. The van der Waals surface area contributed by atoms with Gasteiger partial charge in [-0.2, -0.15) is 0 Å². The number of oxazole rings is 1. The number of nitrogens with zero attached hydrogens (tertiary/aromatic N) is 2. The van der Waals surface area contributed by atoms with Gasteiger partial charge in [-0.05, 0) is 22.0 Å². The molecule has 1 N–H and O–H groups in total. The first-order chi connectivity index (χ1) is 9.12. The number of aromatic nitrogens is 1. The number of carboxylic acid groups (broad SMARTS) is 1. The van der Waals surface area contributed by atoms with Crippen LogP contribution in [0.15, 0.2) is 15.0 Å². The highest BCUT2D eigenvalue weighted by atomic mass is 79.9. The lowest BCUT2D eigenvalue weighted by Gasteiger charge is -2.11. The Kier molecular flexibility index (Phi) is 3.29. The summed E-state index contributed by atoms with van der Waals surface area (Å²) in [6, 6.07) is 1.16. The third kappa shape index (κ3) is 2.26. The predicted molar refractivity (Wildman–Crippen MR) is 74.0 cm³/mol. The van der Waals surface area contributed by atoms with Crippen LogP contribution in [-0.4, -0.2) is 21.0 Å². The van der Waals surface area contributed by atoms with Gasteiger partial charge in [-0.25, -0.2) is 9.78 Å². The maximum Gasteiger partial charge on any atom is 0.338 e. The smallest absolute Gasteiger partial charge is 0.338 e. The Morgan fingerprint density at radius 1 is 1.50 bits per heavy atom. The number of halogens is 1. The molecule has 1 heterocycles. The molecule has 0 saturated carbocycles. The van der Waals surface area contributed by atoms with Gasteiger partial charge >= 0.3 is 11.7 Å². The van der Waals surface area contributed by atoms with Crippen molar-refractivity contribution in [2.24, 2.45) is 0 Å². The number of nitro groups is 1. The van der Waals surface area contributed by atoms with Crippen molar-refractivity contribution in [1.82, 2.24) is 4.98 Å². The third-order valence-corrected chi connectivity index (χ3v) is 3.25. The molecule has 0 unspecified atom stereocenters. The van der Waals surface area contributed by atoms with Crippen molar-refractivity contribution in [2.45, 2.75) is 26.2 Å². The summed E-state index contributed by atoms with van der Waals surface area (Å²) in [7, 11) is 0. The van der Waals surface area contributed by atoms with E-state index in [4.69, 9.17) is 4.42 Å². The van der Waals surface area contributed by atoms with Crippen LogP contribution in [0.3, 0.4) is 0 Å². The van der Waals surface area contributed by atoms with Gasteiger partial charge in [0, 0.05) is 5.41 Å². The van der Waals surface area contributed by atoms with Crippen molar-refractivity contribution in [3.05, 3.63) is 32.1 Å². The van der Waals surface area contributed by atoms with Crippen LogP contribution in [-0.2, 0) is 5.41 Å². The van der Waals surface area contributed by atoms with Crippen molar-refractivity contribution < 1.29 is 19.2 Å². The van der Waals surface area contributed by atoms with Gasteiger partial charge in [0.15, 0.2) is 0 Å². The summed E-state index contributed by atoms with van der Waals surface area (Å²) in [4.78, 5) is 25.8. The fourth-order valence-corrected chi connectivity index (χ4v) is 2.24. The number of aromatic carboxylic acids is 1. The van der Waals surface area contributed by atoms with E-state index in [1.54, 1.807) is 0 Å². The number of benzene rings is 1. The largest absolute Gasteiger partial charge is 0.478 e. The van der Waals surface area contributed by atoms with Crippen LogP contribution in [0.5, 0.6) is 0 Å². The molecule has 20 heavy (non-hydrogen) atoms. The van der Waals surface area contributed by atoms with E-state index in [-0.39, 0.29) is 32.7 Å². The molecule has 0 radical (unpaired) electrons. The highest BCUT2D eigenvalue weighted by molar-refractivity contribution is 9.10. The Morgan fingerprint density at radius 3 is 2.55 bits per heavy atom. The van der Waals surface area contributed by atoms with E-state index in [2.05, 4.69) is 20.9 Å². The number of fused-ring (bicyclic) bond motifs is 1. The molecule has 0 aliphatic heterocycles. The normalized spacial score (nSPS) is 11.8. The fraction of sp³-hybridized carbons (Fsp3) is 0.333. The summed E-state index contributed by atoms with van der Waals surface area (Å²) in [5.41, 5.74) is -1.11. The highest BCUT2D eigenvalue weighted by Gasteiger charge is 2.30. The number of nitro benzene ring substituents is 1. The topological polar surface area (TPSA) is 106 Å². The summed E-state index contributed by atoms with van der Waals surface area (Å²) in [6.07, 6.45) is 0. The fourth-order valence-electron chi connectivity index (χ4n) is 1.69. The predicted octanol–water partition coefficient (Wildman–Crippen LogP) is 3.49. The lowest BCUT2D eigenvalue weighted by atomic mass is 9.97. The monoisotopic (exact) mass is 342 g/mol.